The van der Waals surface area contributed by atoms with E-state index in [4.69, 9.17) is 32.7 Å². The summed E-state index contributed by atoms with van der Waals surface area (Å²) in [6, 6.07) is 17.2. The quantitative estimate of drug-likeness (QED) is 0.237. The molecule has 0 atom stereocenters. The van der Waals surface area contributed by atoms with Crippen LogP contribution in [-0.4, -0.2) is 25.0 Å². The summed E-state index contributed by atoms with van der Waals surface area (Å²) < 4.78 is 11.4. The Labute approximate surface area is 225 Å². The lowest BCUT2D eigenvalue weighted by Crippen LogP contribution is -2.21. The predicted molar refractivity (Wildman–Crippen MR) is 146 cm³/mol. The number of hydrogen-bond donors (Lipinski definition) is 2. The minimum absolute atomic E-state index is 0.144. The average molecular weight is 538 g/mol. The van der Waals surface area contributed by atoms with Crippen molar-refractivity contribution in [1.82, 2.24) is 0 Å². The van der Waals surface area contributed by atoms with Gasteiger partial charge in [0.15, 0.2) is 18.1 Å². The Kier molecular flexibility index (Phi) is 9.56. The highest BCUT2D eigenvalue weighted by Gasteiger charge is 2.16. The molecule has 2 N–H and O–H groups in total. The normalized spacial score (nSPS) is 10.9. The summed E-state index contributed by atoms with van der Waals surface area (Å²) in [5, 5.41) is 15.7. The lowest BCUT2D eigenvalue weighted by Gasteiger charge is -2.15. The maximum atomic E-state index is 12.6. The second-order valence-electron chi connectivity index (χ2n) is 8.05. The number of nitriles is 1. The van der Waals surface area contributed by atoms with E-state index in [1.54, 1.807) is 37.3 Å². The summed E-state index contributed by atoms with van der Waals surface area (Å²) in [4.78, 5) is 25.1. The molecule has 0 radical (unpaired) electrons. The standard InChI is InChI=1S/C28H25Cl2N3O4/c1-4-36-25-14-19(12-20(15-31)28(35)32-22-8-6-21(29)7-9-22)13-23(30)27(25)37-16-26(34)33-24-10-5-17(2)11-18(24)3/h5-14H,4,16H2,1-3H3,(H,32,35)(H,33,34)/b20-12-. The fourth-order valence-corrected chi connectivity index (χ4v) is 3.80. The number of anilines is 2. The van der Waals surface area contributed by atoms with E-state index in [1.807, 2.05) is 38.1 Å². The molecule has 0 bridgehead atoms. The molecule has 3 aromatic rings. The van der Waals surface area contributed by atoms with E-state index in [9.17, 15) is 14.9 Å². The van der Waals surface area contributed by atoms with Crippen LogP contribution in [0.25, 0.3) is 6.08 Å². The van der Waals surface area contributed by atoms with E-state index in [0.717, 1.165) is 11.1 Å². The molecular formula is C28H25Cl2N3O4. The van der Waals surface area contributed by atoms with Gasteiger partial charge in [-0.1, -0.05) is 40.9 Å². The molecule has 0 spiro atoms. The first-order valence-electron chi connectivity index (χ1n) is 11.3. The first kappa shape index (κ1) is 27.6. The van der Waals surface area contributed by atoms with Crippen LogP contribution in [0.4, 0.5) is 11.4 Å². The van der Waals surface area contributed by atoms with Gasteiger partial charge in [0.05, 0.1) is 11.6 Å². The van der Waals surface area contributed by atoms with Crippen molar-refractivity contribution >= 4 is 52.5 Å². The van der Waals surface area contributed by atoms with E-state index in [1.165, 1.54) is 12.1 Å². The van der Waals surface area contributed by atoms with Crippen LogP contribution in [0.2, 0.25) is 10.0 Å². The number of benzene rings is 3. The molecule has 3 aromatic carbocycles. The van der Waals surface area contributed by atoms with E-state index in [-0.39, 0.29) is 34.6 Å². The van der Waals surface area contributed by atoms with Gasteiger partial charge in [0, 0.05) is 16.4 Å². The van der Waals surface area contributed by atoms with Gasteiger partial charge in [-0.25, -0.2) is 0 Å². The van der Waals surface area contributed by atoms with Crippen LogP contribution in [0.5, 0.6) is 11.5 Å². The predicted octanol–water partition coefficient (Wildman–Crippen LogP) is 6.57. The van der Waals surface area contributed by atoms with Gasteiger partial charge in [0.25, 0.3) is 11.8 Å². The number of carbonyl (C=O) groups excluding carboxylic acids is 2. The summed E-state index contributed by atoms with van der Waals surface area (Å²) in [6.45, 7) is 5.67. The Morgan fingerprint density at radius 1 is 1.00 bits per heavy atom. The Morgan fingerprint density at radius 3 is 2.38 bits per heavy atom. The zero-order valence-corrected chi connectivity index (χ0v) is 22.0. The second kappa shape index (κ2) is 12.8. The van der Waals surface area contributed by atoms with E-state index in [0.29, 0.717) is 28.6 Å². The van der Waals surface area contributed by atoms with Gasteiger partial charge in [0.2, 0.25) is 0 Å². The molecular weight excluding hydrogens is 513 g/mol. The lowest BCUT2D eigenvalue weighted by molar-refractivity contribution is -0.118. The highest BCUT2D eigenvalue weighted by Crippen LogP contribution is 2.37. The van der Waals surface area contributed by atoms with Crippen molar-refractivity contribution in [2.24, 2.45) is 0 Å². The maximum absolute atomic E-state index is 12.6. The third-order valence-corrected chi connectivity index (χ3v) is 5.65. The van der Waals surface area contributed by atoms with Gasteiger partial charge < -0.3 is 20.1 Å². The molecule has 0 aliphatic carbocycles. The van der Waals surface area contributed by atoms with Crippen LogP contribution in [0, 0.1) is 25.2 Å². The first-order chi connectivity index (χ1) is 17.7. The van der Waals surface area contributed by atoms with Crippen LogP contribution in [0.15, 0.2) is 60.2 Å². The van der Waals surface area contributed by atoms with Crippen molar-refractivity contribution in [1.29, 1.82) is 5.26 Å². The fourth-order valence-electron chi connectivity index (χ4n) is 3.40. The van der Waals surface area contributed by atoms with Gasteiger partial charge in [-0.2, -0.15) is 5.26 Å². The summed E-state index contributed by atoms with van der Waals surface area (Å²) in [6.07, 6.45) is 1.39. The number of carbonyl (C=O) groups is 2. The Hall–Kier alpha value is -3.99. The molecule has 190 valence electrons. The number of hydrogen-bond acceptors (Lipinski definition) is 5. The molecule has 2 amide bonds. The number of halogens is 2. The monoisotopic (exact) mass is 537 g/mol. The smallest absolute Gasteiger partial charge is 0.266 e. The highest BCUT2D eigenvalue weighted by molar-refractivity contribution is 6.32. The molecule has 3 rings (SSSR count). The van der Waals surface area contributed by atoms with Crippen molar-refractivity contribution in [2.75, 3.05) is 23.8 Å². The summed E-state index contributed by atoms with van der Waals surface area (Å²) in [7, 11) is 0. The Balaban J connectivity index is 1.77. The Morgan fingerprint density at radius 2 is 1.73 bits per heavy atom. The van der Waals surface area contributed by atoms with Crippen LogP contribution in [-0.2, 0) is 9.59 Å². The molecule has 0 fully saturated rings. The third kappa shape index (κ3) is 7.74. The van der Waals surface area contributed by atoms with Crippen molar-refractivity contribution in [2.45, 2.75) is 20.8 Å². The number of rotatable bonds is 9. The number of nitrogens with one attached hydrogen (secondary N) is 2. The molecule has 7 nitrogen and oxygen atoms in total. The van der Waals surface area contributed by atoms with Crippen molar-refractivity contribution in [3.05, 3.63) is 86.9 Å². The number of nitrogens with zero attached hydrogens (tertiary/aromatic N) is 1. The molecule has 0 unspecified atom stereocenters. The van der Waals surface area contributed by atoms with Crippen LogP contribution < -0.4 is 20.1 Å². The van der Waals surface area contributed by atoms with Crippen molar-refractivity contribution < 1.29 is 19.1 Å². The van der Waals surface area contributed by atoms with Gasteiger partial charge >= 0.3 is 0 Å². The SMILES string of the molecule is CCOc1cc(/C=C(/C#N)C(=O)Nc2ccc(Cl)cc2)cc(Cl)c1OCC(=O)Nc1ccc(C)cc1C. The first-order valence-corrected chi connectivity index (χ1v) is 12.1. The van der Waals surface area contributed by atoms with Crippen LogP contribution >= 0.6 is 23.2 Å². The number of amides is 2. The minimum atomic E-state index is -0.595. The summed E-state index contributed by atoms with van der Waals surface area (Å²) >= 11 is 12.3. The van der Waals surface area contributed by atoms with Gasteiger partial charge in [-0.3, -0.25) is 9.59 Å². The molecule has 0 saturated carbocycles. The fraction of sp³-hybridized carbons (Fsp3) is 0.179. The molecule has 0 saturated heterocycles. The summed E-state index contributed by atoms with van der Waals surface area (Å²) in [5.74, 6) is -0.501. The molecule has 0 aliphatic rings. The van der Waals surface area contributed by atoms with E-state index >= 15 is 0 Å². The largest absolute Gasteiger partial charge is 0.490 e. The zero-order chi connectivity index (χ0) is 26.9. The molecule has 0 aromatic heterocycles. The van der Waals surface area contributed by atoms with Crippen molar-refractivity contribution in [3.63, 3.8) is 0 Å². The molecule has 9 heteroatoms. The maximum Gasteiger partial charge on any atom is 0.266 e. The topological polar surface area (TPSA) is 100 Å². The average Bonchev–Trinajstić information content (AvgIpc) is 2.85. The molecule has 37 heavy (non-hydrogen) atoms. The third-order valence-electron chi connectivity index (χ3n) is 5.11. The van der Waals surface area contributed by atoms with E-state index in [2.05, 4.69) is 10.6 Å². The lowest BCUT2D eigenvalue weighted by atomic mass is 10.1. The van der Waals surface area contributed by atoms with Crippen molar-refractivity contribution in [3.8, 4) is 17.6 Å². The highest BCUT2D eigenvalue weighted by atomic mass is 35.5. The van der Waals surface area contributed by atoms with Gasteiger partial charge in [0.1, 0.15) is 11.6 Å². The zero-order valence-electron chi connectivity index (χ0n) is 20.5. The number of ether oxygens (including phenoxy) is 2. The summed E-state index contributed by atoms with van der Waals surface area (Å²) in [5.41, 5.74) is 3.52. The van der Waals surface area contributed by atoms with E-state index < -0.39 is 5.91 Å². The second-order valence-corrected chi connectivity index (χ2v) is 8.89. The van der Waals surface area contributed by atoms with Gasteiger partial charge in [-0.05, 0) is 80.4 Å². The molecule has 0 heterocycles. The number of aryl methyl sites for hydroxylation is 2. The van der Waals surface area contributed by atoms with Crippen LogP contribution in [0.1, 0.15) is 23.6 Å². The Bertz CT molecular complexity index is 1380. The molecule has 0 aliphatic heterocycles. The minimum Gasteiger partial charge on any atom is -0.490 e. The van der Waals surface area contributed by atoms with Gasteiger partial charge in [-0.15, -0.1) is 0 Å². The van der Waals surface area contributed by atoms with Crippen LogP contribution in [0.3, 0.4) is 0 Å².